The average Bonchev–Trinajstić information content (AvgIpc) is 2.59. The average molecular weight is 317 g/mol. The minimum absolute atomic E-state index is 0.115. The number of anilines is 1. The zero-order valence-electron chi connectivity index (χ0n) is 14.2. The SMILES string of the molecule is C=C1CCCCC12Cc1ccccc1C(=O)N2c1ccc(C)cc1. The molecule has 1 amide bonds. The summed E-state index contributed by atoms with van der Waals surface area (Å²) in [6, 6.07) is 16.4. The van der Waals surface area contributed by atoms with Crippen molar-refractivity contribution in [3.05, 3.63) is 77.4 Å². The summed E-state index contributed by atoms with van der Waals surface area (Å²) >= 11 is 0. The number of aryl methyl sites for hydroxylation is 1. The van der Waals surface area contributed by atoms with Crippen molar-refractivity contribution in [3.8, 4) is 0 Å². The Morgan fingerprint density at radius 3 is 2.54 bits per heavy atom. The maximum Gasteiger partial charge on any atom is 0.259 e. The summed E-state index contributed by atoms with van der Waals surface area (Å²) in [5.41, 5.74) is 5.13. The predicted molar refractivity (Wildman–Crippen MR) is 98.5 cm³/mol. The van der Waals surface area contributed by atoms with E-state index in [1.165, 1.54) is 17.6 Å². The van der Waals surface area contributed by atoms with E-state index < -0.39 is 0 Å². The van der Waals surface area contributed by atoms with Crippen molar-refractivity contribution in [2.45, 2.75) is 44.6 Å². The zero-order valence-corrected chi connectivity index (χ0v) is 14.2. The molecule has 4 rings (SSSR count). The molecule has 0 aromatic heterocycles. The molecule has 0 bridgehead atoms. The fourth-order valence-corrected chi connectivity index (χ4v) is 4.30. The lowest BCUT2D eigenvalue weighted by atomic mass is 9.70. The second kappa shape index (κ2) is 5.62. The fraction of sp³-hybridized carbons (Fsp3) is 0.318. The number of rotatable bonds is 1. The number of carbonyl (C=O) groups is 1. The number of carbonyl (C=O) groups excluding carboxylic acids is 1. The first-order valence-electron chi connectivity index (χ1n) is 8.79. The van der Waals surface area contributed by atoms with Crippen LogP contribution in [0.4, 0.5) is 5.69 Å². The van der Waals surface area contributed by atoms with Gasteiger partial charge < -0.3 is 0 Å². The van der Waals surface area contributed by atoms with Gasteiger partial charge in [0, 0.05) is 17.7 Å². The molecule has 1 fully saturated rings. The standard InChI is InChI=1S/C22H23NO/c1-16-10-12-19(13-11-16)23-21(24)20-9-4-3-8-18(20)15-22(23)14-6-5-7-17(22)2/h3-4,8-13H,2,5-7,14-15H2,1H3. The topological polar surface area (TPSA) is 20.3 Å². The highest BCUT2D eigenvalue weighted by Crippen LogP contribution is 2.46. The summed E-state index contributed by atoms with van der Waals surface area (Å²) < 4.78 is 0. The van der Waals surface area contributed by atoms with Gasteiger partial charge in [-0.3, -0.25) is 9.69 Å². The van der Waals surface area contributed by atoms with Gasteiger partial charge in [-0.25, -0.2) is 0 Å². The smallest absolute Gasteiger partial charge is 0.259 e. The third-order valence-electron chi connectivity index (χ3n) is 5.63. The molecule has 0 N–H and O–H groups in total. The van der Waals surface area contributed by atoms with E-state index >= 15 is 0 Å². The molecule has 2 aromatic carbocycles. The number of hydrogen-bond donors (Lipinski definition) is 0. The van der Waals surface area contributed by atoms with E-state index in [2.05, 4.69) is 43.8 Å². The molecule has 1 saturated carbocycles. The molecule has 1 atom stereocenters. The van der Waals surface area contributed by atoms with E-state index in [4.69, 9.17) is 0 Å². The zero-order chi connectivity index (χ0) is 16.7. The molecule has 2 nitrogen and oxygen atoms in total. The van der Waals surface area contributed by atoms with Crippen molar-refractivity contribution in [1.29, 1.82) is 0 Å². The first-order valence-corrected chi connectivity index (χ1v) is 8.79. The van der Waals surface area contributed by atoms with Gasteiger partial charge in [-0.2, -0.15) is 0 Å². The van der Waals surface area contributed by atoms with Crippen molar-refractivity contribution < 1.29 is 4.79 Å². The van der Waals surface area contributed by atoms with Crippen LogP contribution >= 0.6 is 0 Å². The molecule has 0 saturated heterocycles. The van der Waals surface area contributed by atoms with Crippen LogP contribution in [-0.4, -0.2) is 11.4 Å². The normalized spacial score (nSPS) is 23.5. The first kappa shape index (κ1) is 15.2. The van der Waals surface area contributed by atoms with Gasteiger partial charge in [0.25, 0.3) is 5.91 Å². The van der Waals surface area contributed by atoms with Crippen LogP contribution in [0.15, 0.2) is 60.7 Å². The highest BCUT2D eigenvalue weighted by atomic mass is 16.2. The number of hydrogen-bond acceptors (Lipinski definition) is 1. The molecular formula is C22H23NO. The van der Waals surface area contributed by atoms with E-state index in [1.807, 2.05) is 23.1 Å². The fourth-order valence-electron chi connectivity index (χ4n) is 4.30. The quantitative estimate of drug-likeness (QED) is 0.673. The minimum atomic E-state index is -0.265. The van der Waals surface area contributed by atoms with Crippen LogP contribution in [0, 0.1) is 6.92 Å². The van der Waals surface area contributed by atoms with Crippen molar-refractivity contribution in [3.63, 3.8) is 0 Å². The van der Waals surface area contributed by atoms with Crippen molar-refractivity contribution in [2.24, 2.45) is 0 Å². The second-order valence-corrected chi connectivity index (χ2v) is 7.15. The van der Waals surface area contributed by atoms with Crippen LogP contribution in [-0.2, 0) is 6.42 Å². The summed E-state index contributed by atoms with van der Waals surface area (Å²) in [5.74, 6) is 0.115. The Balaban J connectivity index is 1.90. The van der Waals surface area contributed by atoms with E-state index in [-0.39, 0.29) is 11.4 Å². The maximum atomic E-state index is 13.4. The number of fused-ring (bicyclic) bond motifs is 1. The molecule has 1 spiro atoms. The largest absolute Gasteiger partial charge is 0.298 e. The predicted octanol–water partition coefficient (Wildman–Crippen LogP) is 5.07. The number of nitrogens with zero attached hydrogens (tertiary/aromatic N) is 1. The Morgan fingerprint density at radius 2 is 1.79 bits per heavy atom. The maximum absolute atomic E-state index is 13.4. The van der Waals surface area contributed by atoms with Crippen LogP contribution in [0.5, 0.6) is 0 Å². The molecule has 2 heteroatoms. The van der Waals surface area contributed by atoms with Gasteiger partial charge in [0.1, 0.15) is 0 Å². The van der Waals surface area contributed by atoms with Gasteiger partial charge in [-0.1, -0.05) is 54.5 Å². The van der Waals surface area contributed by atoms with Crippen LogP contribution < -0.4 is 4.90 Å². The van der Waals surface area contributed by atoms with Gasteiger partial charge >= 0.3 is 0 Å². The molecule has 1 heterocycles. The monoisotopic (exact) mass is 317 g/mol. The second-order valence-electron chi connectivity index (χ2n) is 7.15. The minimum Gasteiger partial charge on any atom is -0.298 e. The highest BCUT2D eigenvalue weighted by Gasteiger charge is 2.48. The molecule has 24 heavy (non-hydrogen) atoms. The van der Waals surface area contributed by atoms with Crippen LogP contribution in [0.1, 0.15) is 47.2 Å². The molecule has 1 aliphatic heterocycles. The molecule has 1 aliphatic carbocycles. The number of benzene rings is 2. The molecular weight excluding hydrogens is 294 g/mol. The Morgan fingerprint density at radius 1 is 1.04 bits per heavy atom. The third kappa shape index (κ3) is 2.21. The van der Waals surface area contributed by atoms with E-state index in [1.54, 1.807) is 0 Å². The van der Waals surface area contributed by atoms with Gasteiger partial charge in [0.2, 0.25) is 0 Å². The molecule has 122 valence electrons. The molecule has 2 aromatic rings. The van der Waals surface area contributed by atoms with Crippen molar-refractivity contribution >= 4 is 11.6 Å². The Kier molecular flexibility index (Phi) is 3.56. The Labute approximate surface area is 143 Å². The van der Waals surface area contributed by atoms with E-state index in [9.17, 15) is 4.79 Å². The summed E-state index contributed by atoms with van der Waals surface area (Å²) in [6.45, 7) is 6.47. The van der Waals surface area contributed by atoms with E-state index in [0.717, 1.165) is 42.5 Å². The third-order valence-corrected chi connectivity index (χ3v) is 5.63. The summed E-state index contributed by atoms with van der Waals surface area (Å²) in [6.07, 6.45) is 5.22. The lowest BCUT2D eigenvalue weighted by Crippen LogP contribution is -2.58. The van der Waals surface area contributed by atoms with Gasteiger partial charge in [0.15, 0.2) is 0 Å². The van der Waals surface area contributed by atoms with E-state index in [0.29, 0.717) is 0 Å². The number of amides is 1. The lowest BCUT2D eigenvalue weighted by molar-refractivity contribution is 0.0940. The van der Waals surface area contributed by atoms with Crippen molar-refractivity contribution in [2.75, 3.05) is 4.90 Å². The highest BCUT2D eigenvalue weighted by molar-refractivity contribution is 6.10. The molecule has 0 radical (unpaired) electrons. The van der Waals surface area contributed by atoms with Crippen LogP contribution in [0.2, 0.25) is 0 Å². The van der Waals surface area contributed by atoms with Crippen LogP contribution in [0.3, 0.4) is 0 Å². The van der Waals surface area contributed by atoms with Gasteiger partial charge in [-0.05, 0) is 49.9 Å². The lowest BCUT2D eigenvalue weighted by Gasteiger charge is -2.51. The summed E-state index contributed by atoms with van der Waals surface area (Å²) in [5, 5.41) is 0. The van der Waals surface area contributed by atoms with Gasteiger partial charge in [-0.15, -0.1) is 0 Å². The van der Waals surface area contributed by atoms with Gasteiger partial charge in [0.05, 0.1) is 5.54 Å². The molecule has 1 unspecified atom stereocenters. The van der Waals surface area contributed by atoms with Crippen LogP contribution in [0.25, 0.3) is 0 Å². The summed E-state index contributed by atoms with van der Waals surface area (Å²) in [4.78, 5) is 15.4. The molecule has 2 aliphatic rings. The summed E-state index contributed by atoms with van der Waals surface area (Å²) in [7, 11) is 0. The van der Waals surface area contributed by atoms with Crippen molar-refractivity contribution in [1.82, 2.24) is 0 Å². The first-order chi connectivity index (χ1) is 11.6. The Bertz CT molecular complexity index is 805. The Hall–Kier alpha value is -2.35.